The summed E-state index contributed by atoms with van der Waals surface area (Å²) < 4.78 is 5.89. The van der Waals surface area contributed by atoms with Gasteiger partial charge in [-0.15, -0.1) is 0 Å². The number of hydrogen-bond donors (Lipinski definition) is 1. The van der Waals surface area contributed by atoms with E-state index in [1.54, 1.807) is 12.1 Å². The summed E-state index contributed by atoms with van der Waals surface area (Å²) in [5, 5.41) is 0. The first-order chi connectivity index (χ1) is 13.0. The van der Waals surface area contributed by atoms with Crippen molar-refractivity contribution < 1.29 is 14.3 Å². The van der Waals surface area contributed by atoms with Crippen LogP contribution in [0.15, 0.2) is 60.7 Å². The summed E-state index contributed by atoms with van der Waals surface area (Å²) in [4.78, 5) is 29.0. The molecule has 3 aromatic rings. The Morgan fingerprint density at radius 2 is 1.59 bits per heavy atom. The zero-order valence-electron chi connectivity index (χ0n) is 15.8. The van der Waals surface area contributed by atoms with Crippen molar-refractivity contribution in [2.24, 2.45) is 0 Å². The first-order valence-corrected chi connectivity index (χ1v) is 9.04. The van der Waals surface area contributed by atoms with Crippen LogP contribution < -0.4 is 0 Å². The lowest BCUT2D eigenvalue weighted by atomic mass is 9.92. The van der Waals surface area contributed by atoms with Crippen molar-refractivity contribution in [1.82, 2.24) is 4.98 Å². The number of hydrogen-bond acceptors (Lipinski definition) is 3. The van der Waals surface area contributed by atoms with Crippen LogP contribution in [0.3, 0.4) is 0 Å². The maximum Gasteiger partial charge on any atom is 0.196 e. The van der Waals surface area contributed by atoms with Crippen molar-refractivity contribution in [3.8, 4) is 11.3 Å². The fourth-order valence-electron chi connectivity index (χ4n) is 3.40. The lowest BCUT2D eigenvalue weighted by molar-refractivity contribution is 0.0452. The predicted octanol–water partition coefficient (Wildman–Crippen LogP) is 5.15. The molecule has 1 heterocycles. The molecule has 0 spiro atoms. The number of ketones is 2. The Labute approximate surface area is 159 Å². The Kier molecular flexibility index (Phi) is 5.67. The van der Waals surface area contributed by atoms with Crippen LogP contribution in [0.4, 0.5) is 0 Å². The van der Waals surface area contributed by atoms with Gasteiger partial charge in [-0.2, -0.15) is 0 Å². The molecule has 0 aliphatic heterocycles. The second-order valence-corrected chi connectivity index (χ2v) is 6.40. The van der Waals surface area contributed by atoms with Crippen LogP contribution in [0, 0.1) is 6.92 Å². The number of Topliss-reactive ketones (excluding diaryl/α,β-unsaturated/α-hetero) is 2. The zero-order chi connectivity index (χ0) is 19.4. The molecule has 4 nitrogen and oxygen atoms in total. The number of H-pyrrole nitrogens is 1. The molecule has 1 atom stereocenters. The molecule has 0 radical (unpaired) electrons. The third-order valence-corrected chi connectivity index (χ3v) is 4.53. The van der Waals surface area contributed by atoms with E-state index in [2.05, 4.69) is 4.98 Å². The fourth-order valence-corrected chi connectivity index (χ4v) is 3.40. The summed E-state index contributed by atoms with van der Waals surface area (Å²) in [7, 11) is 0. The van der Waals surface area contributed by atoms with Crippen LogP contribution >= 0.6 is 0 Å². The molecule has 4 heteroatoms. The highest BCUT2D eigenvalue weighted by atomic mass is 16.5. The molecule has 138 valence electrons. The second-order valence-electron chi connectivity index (χ2n) is 6.40. The van der Waals surface area contributed by atoms with Gasteiger partial charge in [0.25, 0.3) is 0 Å². The smallest absolute Gasteiger partial charge is 0.196 e. The van der Waals surface area contributed by atoms with Crippen molar-refractivity contribution in [3.63, 3.8) is 0 Å². The van der Waals surface area contributed by atoms with E-state index in [0.717, 1.165) is 17.0 Å². The van der Waals surface area contributed by atoms with Crippen molar-refractivity contribution in [1.29, 1.82) is 0 Å². The predicted molar refractivity (Wildman–Crippen MR) is 106 cm³/mol. The molecular formula is C23H23NO3. The molecule has 3 rings (SSSR count). The van der Waals surface area contributed by atoms with Gasteiger partial charge in [0.15, 0.2) is 11.6 Å². The summed E-state index contributed by atoms with van der Waals surface area (Å²) in [6, 6.07) is 18.7. The SMILES string of the molecule is CCOC(C(=O)c1ccccc1)c1c(-c2ccccc2)[nH]c(C)c1C(C)=O. The van der Waals surface area contributed by atoms with Crippen LogP contribution in [0.2, 0.25) is 0 Å². The quantitative estimate of drug-likeness (QED) is 0.592. The molecule has 0 saturated heterocycles. The Hall–Kier alpha value is -2.98. The first kappa shape index (κ1) is 18.8. The minimum atomic E-state index is -0.851. The van der Waals surface area contributed by atoms with Gasteiger partial charge in [0.2, 0.25) is 0 Å². The topological polar surface area (TPSA) is 59.2 Å². The lowest BCUT2D eigenvalue weighted by Crippen LogP contribution is -2.19. The number of benzene rings is 2. The van der Waals surface area contributed by atoms with Crippen LogP contribution in [0.5, 0.6) is 0 Å². The number of carbonyl (C=O) groups excluding carboxylic acids is 2. The number of aromatic nitrogens is 1. The third-order valence-electron chi connectivity index (χ3n) is 4.53. The Balaban J connectivity index is 2.22. The van der Waals surface area contributed by atoms with Gasteiger partial charge >= 0.3 is 0 Å². The maximum atomic E-state index is 13.3. The summed E-state index contributed by atoms with van der Waals surface area (Å²) in [6.45, 7) is 5.58. The lowest BCUT2D eigenvalue weighted by Gasteiger charge is -2.19. The fraction of sp³-hybridized carbons (Fsp3) is 0.217. The Bertz CT molecular complexity index is 943. The number of rotatable bonds is 7. The summed E-state index contributed by atoms with van der Waals surface area (Å²) in [6.07, 6.45) is -0.851. The van der Waals surface area contributed by atoms with Gasteiger partial charge < -0.3 is 9.72 Å². The monoisotopic (exact) mass is 361 g/mol. The summed E-state index contributed by atoms with van der Waals surface area (Å²) in [5.74, 6) is -0.248. The van der Waals surface area contributed by atoms with E-state index in [1.807, 2.05) is 62.4 Å². The van der Waals surface area contributed by atoms with Gasteiger partial charge in [-0.05, 0) is 26.3 Å². The van der Waals surface area contributed by atoms with Gasteiger partial charge in [-0.1, -0.05) is 60.7 Å². The van der Waals surface area contributed by atoms with Crippen molar-refractivity contribution in [2.75, 3.05) is 6.61 Å². The summed E-state index contributed by atoms with van der Waals surface area (Å²) >= 11 is 0. The number of ether oxygens (including phenoxy) is 1. The van der Waals surface area contributed by atoms with Crippen LogP contribution in [-0.4, -0.2) is 23.2 Å². The van der Waals surface area contributed by atoms with Crippen LogP contribution in [0.1, 0.15) is 51.9 Å². The summed E-state index contributed by atoms with van der Waals surface area (Å²) in [5.41, 5.74) is 4.10. The highest BCUT2D eigenvalue weighted by Crippen LogP contribution is 2.36. The number of aromatic amines is 1. The standard InChI is InChI=1S/C23H23NO3/c1-4-27-23(22(26)18-13-9-6-10-14-18)20-19(16(3)25)15(2)24-21(20)17-11-7-5-8-12-17/h5-14,23-24H,4H2,1-3H3. The molecule has 0 aliphatic carbocycles. The van der Waals surface area contributed by atoms with Crippen molar-refractivity contribution >= 4 is 11.6 Å². The molecule has 0 saturated carbocycles. The second kappa shape index (κ2) is 8.14. The molecular weight excluding hydrogens is 338 g/mol. The molecule has 27 heavy (non-hydrogen) atoms. The minimum Gasteiger partial charge on any atom is -0.365 e. The van der Waals surface area contributed by atoms with Crippen LogP contribution in [-0.2, 0) is 4.74 Å². The molecule has 1 aromatic heterocycles. The molecule has 0 aliphatic rings. The number of carbonyl (C=O) groups is 2. The molecule has 2 aromatic carbocycles. The van der Waals surface area contributed by atoms with E-state index in [4.69, 9.17) is 4.74 Å². The van der Waals surface area contributed by atoms with Crippen LogP contribution in [0.25, 0.3) is 11.3 Å². The van der Waals surface area contributed by atoms with Gasteiger partial charge in [0, 0.05) is 29.0 Å². The van der Waals surface area contributed by atoms with Gasteiger partial charge in [-0.25, -0.2) is 0 Å². The molecule has 0 bridgehead atoms. The van der Waals surface area contributed by atoms with Gasteiger partial charge in [0.05, 0.1) is 5.69 Å². The van der Waals surface area contributed by atoms with E-state index in [9.17, 15) is 9.59 Å². The number of aryl methyl sites for hydroxylation is 1. The van der Waals surface area contributed by atoms with E-state index in [1.165, 1.54) is 6.92 Å². The molecule has 1 N–H and O–H groups in total. The van der Waals surface area contributed by atoms with E-state index < -0.39 is 6.10 Å². The van der Waals surface area contributed by atoms with E-state index in [-0.39, 0.29) is 11.6 Å². The minimum absolute atomic E-state index is 0.0912. The highest BCUT2D eigenvalue weighted by molar-refractivity contribution is 6.05. The number of nitrogens with one attached hydrogen (secondary N) is 1. The van der Waals surface area contributed by atoms with E-state index >= 15 is 0 Å². The van der Waals surface area contributed by atoms with E-state index in [0.29, 0.717) is 23.3 Å². The molecule has 0 amide bonds. The Morgan fingerprint density at radius 1 is 1.00 bits per heavy atom. The maximum absolute atomic E-state index is 13.3. The van der Waals surface area contributed by atoms with Gasteiger partial charge in [0.1, 0.15) is 6.10 Å². The zero-order valence-corrected chi connectivity index (χ0v) is 15.8. The largest absolute Gasteiger partial charge is 0.365 e. The first-order valence-electron chi connectivity index (χ1n) is 9.04. The van der Waals surface area contributed by atoms with Crippen molar-refractivity contribution in [2.45, 2.75) is 26.9 Å². The highest BCUT2D eigenvalue weighted by Gasteiger charge is 2.32. The molecule has 1 unspecified atom stereocenters. The average molecular weight is 361 g/mol. The van der Waals surface area contributed by atoms with Gasteiger partial charge in [-0.3, -0.25) is 9.59 Å². The Morgan fingerprint density at radius 3 is 2.15 bits per heavy atom. The average Bonchev–Trinajstić information content (AvgIpc) is 3.04. The third kappa shape index (κ3) is 3.76. The normalized spacial score (nSPS) is 12.0. The molecule has 0 fully saturated rings. The van der Waals surface area contributed by atoms with Crippen molar-refractivity contribution in [3.05, 3.63) is 83.0 Å².